The molecule has 4 atom stereocenters. The monoisotopic (exact) mass is 523 g/mol. The van der Waals surface area contributed by atoms with Crippen molar-refractivity contribution >= 4 is 29.3 Å². The first-order valence-corrected chi connectivity index (χ1v) is 13.2. The summed E-state index contributed by atoms with van der Waals surface area (Å²) in [4.78, 5) is 56.0. The van der Waals surface area contributed by atoms with Crippen molar-refractivity contribution in [2.75, 3.05) is 18.9 Å². The molecule has 2 N–H and O–H groups in total. The van der Waals surface area contributed by atoms with Crippen molar-refractivity contribution in [3.63, 3.8) is 0 Å². The fourth-order valence-electron chi connectivity index (χ4n) is 6.82. The fourth-order valence-corrected chi connectivity index (χ4v) is 6.82. The second kappa shape index (κ2) is 8.79. The minimum Gasteiger partial charge on any atom is -0.344 e. The number of hydrogen-bond acceptors (Lipinski definition) is 5. The first-order valence-electron chi connectivity index (χ1n) is 13.2. The zero-order valence-electron chi connectivity index (χ0n) is 22.2. The number of anilines is 1. The molecule has 2 aliphatic heterocycles. The van der Waals surface area contributed by atoms with Gasteiger partial charge in [0.2, 0.25) is 23.6 Å². The van der Waals surface area contributed by atoms with Gasteiger partial charge in [0.05, 0.1) is 16.9 Å². The summed E-state index contributed by atoms with van der Waals surface area (Å²) in [6.07, 6.45) is 1.11. The molecule has 38 heavy (non-hydrogen) atoms. The zero-order valence-corrected chi connectivity index (χ0v) is 22.2. The second-order valence-corrected chi connectivity index (χ2v) is 12.1. The summed E-state index contributed by atoms with van der Waals surface area (Å²) in [6, 6.07) is 6.89. The molecule has 0 radical (unpaired) electrons. The minimum atomic E-state index is -1.22. The Hall–Kier alpha value is -3.48. The summed E-state index contributed by atoms with van der Waals surface area (Å²) in [5.74, 6) is -1.34. The van der Waals surface area contributed by atoms with Crippen LogP contribution in [0.3, 0.4) is 0 Å². The predicted molar refractivity (Wildman–Crippen MR) is 136 cm³/mol. The van der Waals surface area contributed by atoms with Crippen LogP contribution < -0.4 is 10.6 Å². The lowest BCUT2D eigenvalue weighted by molar-refractivity contribution is -0.214. The van der Waals surface area contributed by atoms with Crippen LogP contribution in [-0.4, -0.2) is 70.8 Å². The standard InChI is InChI=1S/C28H34FN5O4/c1-16(2)9-21(33(4)22(35)17(3)31-24(37)26-12-27(29,13-26)14-26)23(36)34-15-28(10-18(34)11-30)19-7-5-6-8-20(19)32-25(28)38/h5-8,16-18,21H,9-10,12-15H2,1-4H3,(H,31,37)(H,32,38)/t17-,18-,21-,26?,27?,28-/m0/s1. The maximum absolute atomic E-state index is 14.0. The molecule has 4 amide bonds. The van der Waals surface area contributed by atoms with Crippen molar-refractivity contribution in [1.82, 2.24) is 15.1 Å². The van der Waals surface area contributed by atoms with Crippen LogP contribution in [0.4, 0.5) is 10.1 Å². The van der Waals surface area contributed by atoms with Crippen LogP contribution in [0, 0.1) is 22.7 Å². The van der Waals surface area contributed by atoms with Gasteiger partial charge in [-0.15, -0.1) is 0 Å². The number of halogens is 1. The fraction of sp³-hybridized carbons (Fsp3) is 0.607. The van der Waals surface area contributed by atoms with E-state index in [1.54, 1.807) is 13.0 Å². The Kier molecular flexibility index (Phi) is 6.04. The van der Waals surface area contributed by atoms with Crippen molar-refractivity contribution in [2.24, 2.45) is 11.3 Å². The van der Waals surface area contributed by atoms with E-state index in [0.29, 0.717) is 12.1 Å². The maximum Gasteiger partial charge on any atom is 0.246 e. The van der Waals surface area contributed by atoms with Crippen LogP contribution in [0.1, 0.15) is 58.4 Å². The molecule has 2 bridgehead atoms. The van der Waals surface area contributed by atoms with E-state index >= 15 is 0 Å². The van der Waals surface area contributed by atoms with E-state index in [4.69, 9.17) is 0 Å². The van der Waals surface area contributed by atoms with E-state index in [2.05, 4.69) is 16.7 Å². The Bertz CT molecular complexity index is 1240. The molecule has 6 rings (SSSR count). The van der Waals surface area contributed by atoms with Crippen LogP contribution in [0.2, 0.25) is 0 Å². The number of alkyl halides is 1. The molecule has 1 spiro atoms. The highest BCUT2D eigenvalue weighted by atomic mass is 19.1. The van der Waals surface area contributed by atoms with Crippen molar-refractivity contribution in [2.45, 2.75) is 82.1 Å². The highest BCUT2D eigenvalue weighted by molar-refractivity contribution is 6.07. The number of nitriles is 1. The van der Waals surface area contributed by atoms with Crippen LogP contribution >= 0.6 is 0 Å². The number of likely N-dealkylation sites (N-methyl/N-ethyl adjacent to an activating group) is 1. The molecular weight excluding hydrogens is 489 g/mol. The zero-order chi connectivity index (χ0) is 27.6. The van der Waals surface area contributed by atoms with Crippen molar-refractivity contribution < 1.29 is 23.6 Å². The molecule has 3 saturated carbocycles. The molecule has 1 aromatic carbocycles. The van der Waals surface area contributed by atoms with Gasteiger partial charge in [-0.25, -0.2) is 4.39 Å². The van der Waals surface area contributed by atoms with E-state index < -0.39 is 46.4 Å². The summed E-state index contributed by atoms with van der Waals surface area (Å²) in [5.41, 5.74) is -1.50. The van der Waals surface area contributed by atoms with E-state index in [-0.39, 0.29) is 50.0 Å². The van der Waals surface area contributed by atoms with E-state index in [1.165, 1.54) is 16.8 Å². The van der Waals surface area contributed by atoms with Gasteiger partial charge in [-0.2, -0.15) is 5.26 Å². The summed E-state index contributed by atoms with van der Waals surface area (Å²) in [5, 5.41) is 15.6. The SMILES string of the molecule is CC(C)C[C@@H](C(=O)N1C[C@]2(C[C@H]1C#N)C(=O)Nc1ccccc12)N(C)C(=O)[C@H](C)NC(=O)C12CC(F)(C1)C2. The van der Waals surface area contributed by atoms with Crippen molar-refractivity contribution in [1.29, 1.82) is 5.26 Å². The topological polar surface area (TPSA) is 123 Å². The lowest BCUT2D eigenvalue weighted by Crippen LogP contribution is -2.71. The maximum atomic E-state index is 14.0. The first kappa shape index (κ1) is 26.1. The van der Waals surface area contributed by atoms with Gasteiger partial charge < -0.3 is 20.4 Å². The first-order chi connectivity index (χ1) is 17.8. The number of amides is 4. The van der Waals surface area contributed by atoms with Gasteiger partial charge in [-0.05, 0) is 50.2 Å². The molecule has 10 heteroatoms. The highest BCUT2D eigenvalue weighted by Gasteiger charge is 2.73. The normalized spacial score (nSPS) is 32.0. The average molecular weight is 524 g/mol. The van der Waals surface area contributed by atoms with E-state index in [0.717, 1.165) is 5.56 Å². The van der Waals surface area contributed by atoms with Crippen molar-refractivity contribution in [3.8, 4) is 6.07 Å². The Morgan fingerprint density at radius 3 is 2.50 bits per heavy atom. The largest absolute Gasteiger partial charge is 0.344 e. The highest BCUT2D eigenvalue weighted by Crippen LogP contribution is 2.69. The number of hydrogen-bond donors (Lipinski definition) is 2. The van der Waals surface area contributed by atoms with Gasteiger partial charge in [0.1, 0.15) is 23.8 Å². The number of carbonyl (C=O) groups excluding carboxylic acids is 4. The Balaban J connectivity index is 1.34. The van der Waals surface area contributed by atoms with Gasteiger partial charge in [0, 0.05) is 25.7 Å². The summed E-state index contributed by atoms with van der Waals surface area (Å²) >= 11 is 0. The molecule has 1 saturated heterocycles. The van der Waals surface area contributed by atoms with Gasteiger partial charge >= 0.3 is 0 Å². The molecule has 4 fully saturated rings. The predicted octanol–water partition coefficient (Wildman–Crippen LogP) is 2.27. The molecule has 2 heterocycles. The lowest BCUT2D eigenvalue weighted by atomic mass is 9.42. The third-order valence-corrected chi connectivity index (χ3v) is 8.88. The Labute approximate surface area is 221 Å². The van der Waals surface area contributed by atoms with Gasteiger partial charge in [0.15, 0.2) is 0 Å². The van der Waals surface area contributed by atoms with Crippen LogP contribution in [-0.2, 0) is 24.6 Å². The number of nitrogens with one attached hydrogen (secondary N) is 2. The van der Waals surface area contributed by atoms with Crippen LogP contribution in [0.5, 0.6) is 0 Å². The Morgan fingerprint density at radius 1 is 1.24 bits per heavy atom. The third-order valence-electron chi connectivity index (χ3n) is 8.88. The number of benzene rings is 1. The molecule has 202 valence electrons. The van der Waals surface area contributed by atoms with Gasteiger partial charge in [-0.3, -0.25) is 19.2 Å². The third kappa shape index (κ3) is 3.86. The van der Waals surface area contributed by atoms with Gasteiger partial charge in [0.25, 0.3) is 0 Å². The molecule has 0 aromatic heterocycles. The molecular formula is C28H34FN5O4. The van der Waals surface area contributed by atoms with Crippen LogP contribution in [0.15, 0.2) is 24.3 Å². The number of carbonyl (C=O) groups is 4. The molecule has 1 aromatic rings. The molecule has 9 nitrogen and oxygen atoms in total. The molecule has 5 aliphatic rings. The second-order valence-electron chi connectivity index (χ2n) is 12.1. The van der Waals surface area contributed by atoms with E-state index in [9.17, 15) is 28.8 Å². The molecule has 3 aliphatic carbocycles. The summed E-state index contributed by atoms with van der Waals surface area (Å²) < 4.78 is 13.9. The summed E-state index contributed by atoms with van der Waals surface area (Å²) in [6.45, 7) is 5.48. The average Bonchev–Trinajstić information content (AvgIpc) is 3.36. The number of rotatable bonds is 7. The Morgan fingerprint density at radius 2 is 1.89 bits per heavy atom. The lowest BCUT2D eigenvalue weighted by Gasteiger charge is -2.64. The smallest absolute Gasteiger partial charge is 0.246 e. The quantitative estimate of drug-likeness (QED) is 0.568. The summed E-state index contributed by atoms with van der Waals surface area (Å²) in [7, 11) is 1.53. The number of likely N-dealkylation sites (tertiary alicyclic amines) is 1. The van der Waals surface area contributed by atoms with Crippen LogP contribution in [0.25, 0.3) is 0 Å². The van der Waals surface area contributed by atoms with E-state index in [1.807, 2.05) is 32.0 Å². The molecule has 0 unspecified atom stereocenters. The number of fused-ring (bicyclic) bond motifs is 2. The van der Waals surface area contributed by atoms with Crippen molar-refractivity contribution in [3.05, 3.63) is 29.8 Å². The minimum absolute atomic E-state index is 0.0450. The number of nitrogens with zero attached hydrogens (tertiary/aromatic N) is 3. The van der Waals surface area contributed by atoms with Gasteiger partial charge in [-0.1, -0.05) is 32.0 Å². The number of para-hydroxylation sites is 1.